The molecule has 0 spiro atoms. The molecule has 3 heteroatoms. The van der Waals surface area contributed by atoms with Gasteiger partial charge in [0.1, 0.15) is 0 Å². The molecule has 3 unspecified atom stereocenters. The molecule has 21 heavy (non-hydrogen) atoms. The van der Waals surface area contributed by atoms with E-state index in [4.69, 9.17) is 4.74 Å². The fraction of sp³-hybridized carbons (Fsp3) is 0.667. The van der Waals surface area contributed by atoms with Gasteiger partial charge in [-0.1, -0.05) is 44.2 Å². The van der Waals surface area contributed by atoms with Crippen molar-refractivity contribution < 1.29 is 4.74 Å². The zero-order valence-corrected chi connectivity index (χ0v) is 14.3. The molecule has 3 nitrogen and oxygen atoms in total. The average molecular weight is 292 g/mol. The molecule has 0 aliphatic rings. The molecule has 0 bridgehead atoms. The Balaban J connectivity index is 2.92. The summed E-state index contributed by atoms with van der Waals surface area (Å²) in [6.07, 6.45) is 1.15. The predicted octanol–water partition coefficient (Wildman–Crippen LogP) is 3.47. The lowest BCUT2D eigenvalue weighted by atomic mass is 9.97. The molecule has 0 aliphatic carbocycles. The number of rotatable bonds is 10. The number of methoxy groups -OCH3 is 1. The van der Waals surface area contributed by atoms with Crippen molar-refractivity contribution >= 4 is 0 Å². The Morgan fingerprint density at radius 3 is 2.33 bits per heavy atom. The second-order valence-corrected chi connectivity index (χ2v) is 5.67. The van der Waals surface area contributed by atoms with E-state index >= 15 is 0 Å². The minimum absolute atomic E-state index is 0.349. The van der Waals surface area contributed by atoms with Crippen LogP contribution in [-0.4, -0.2) is 43.8 Å². The van der Waals surface area contributed by atoms with Crippen molar-refractivity contribution in [3.05, 3.63) is 35.9 Å². The number of hydrogen-bond acceptors (Lipinski definition) is 3. The van der Waals surface area contributed by atoms with E-state index in [1.807, 2.05) is 0 Å². The summed E-state index contributed by atoms with van der Waals surface area (Å²) < 4.78 is 5.30. The molecule has 3 atom stereocenters. The highest BCUT2D eigenvalue weighted by molar-refractivity contribution is 5.20. The summed E-state index contributed by atoms with van der Waals surface area (Å²) in [5.41, 5.74) is 1.36. The highest BCUT2D eigenvalue weighted by atomic mass is 16.5. The van der Waals surface area contributed by atoms with Crippen LogP contribution in [0.25, 0.3) is 0 Å². The van der Waals surface area contributed by atoms with Gasteiger partial charge in [0.05, 0.1) is 6.61 Å². The van der Waals surface area contributed by atoms with Crippen molar-refractivity contribution in [2.45, 2.75) is 52.2 Å². The van der Waals surface area contributed by atoms with Gasteiger partial charge >= 0.3 is 0 Å². The Morgan fingerprint density at radius 2 is 1.81 bits per heavy atom. The Morgan fingerprint density at radius 1 is 1.14 bits per heavy atom. The van der Waals surface area contributed by atoms with Crippen LogP contribution in [0.5, 0.6) is 0 Å². The molecule has 120 valence electrons. The van der Waals surface area contributed by atoms with Gasteiger partial charge in [-0.2, -0.15) is 0 Å². The van der Waals surface area contributed by atoms with Gasteiger partial charge in [-0.25, -0.2) is 0 Å². The molecule has 1 N–H and O–H groups in total. The van der Waals surface area contributed by atoms with E-state index in [0.29, 0.717) is 18.1 Å². The number of ether oxygens (including phenoxy) is 1. The van der Waals surface area contributed by atoms with Crippen molar-refractivity contribution in [1.29, 1.82) is 0 Å². The van der Waals surface area contributed by atoms with Crippen LogP contribution in [0.15, 0.2) is 30.3 Å². The number of hydrogen-bond donors (Lipinski definition) is 1. The molecule has 0 heterocycles. The smallest absolute Gasteiger partial charge is 0.0589 e. The maximum Gasteiger partial charge on any atom is 0.0589 e. The molecule has 0 aliphatic heterocycles. The summed E-state index contributed by atoms with van der Waals surface area (Å²) in [5, 5.41) is 3.65. The van der Waals surface area contributed by atoms with Gasteiger partial charge in [0.25, 0.3) is 0 Å². The van der Waals surface area contributed by atoms with Gasteiger partial charge in [0.2, 0.25) is 0 Å². The highest BCUT2D eigenvalue weighted by Crippen LogP contribution is 2.23. The van der Waals surface area contributed by atoms with Gasteiger partial charge in [0.15, 0.2) is 0 Å². The summed E-state index contributed by atoms with van der Waals surface area (Å²) >= 11 is 0. The van der Waals surface area contributed by atoms with Crippen molar-refractivity contribution in [1.82, 2.24) is 10.2 Å². The first-order chi connectivity index (χ1) is 10.2. The lowest BCUT2D eigenvalue weighted by Gasteiger charge is -2.39. The summed E-state index contributed by atoms with van der Waals surface area (Å²) in [4.78, 5) is 2.56. The summed E-state index contributed by atoms with van der Waals surface area (Å²) in [6, 6.07) is 12.1. The van der Waals surface area contributed by atoms with Gasteiger partial charge in [-0.15, -0.1) is 0 Å². The number of likely N-dealkylation sites (N-methyl/N-ethyl adjacent to an activating group) is 1. The van der Waals surface area contributed by atoms with Crippen molar-refractivity contribution in [3.8, 4) is 0 Å². The third-order valence-electron chi connectivity index (χ3n) is 4.30. The lowest BCUT2D eigenvalue weighted by Crippen LogP contribution is -2.48. The molecule has 1 aromatic carbocycles. The molecule has 0 amide bonds. The third-order valence-corrected chi connectivity index (χ3v) is 4.30. The minimum atomic E-state index is 0.349. The van der Waals surface area contributed by atoms with E-state index in [1.54, 1.807) is 7.11 Å². The van der Waals surface area contributed by atoms with Crippen LogP contribution in [0, 0.1) is 0 Å². The van der Waals surface area contributed by atoms with Crippen LogP contribution in [0.2, 0.25) is 0 Å². The van der Waals surface area contributed by atoms with Gasteiger partial charge < -0.3 is 10.1 Å². The maximum absolute atomic E-state index is 5.30. The summed E-state index contributed by atoms with van der Waals surface area (Å²) in [7, 11) is 1.78. The van der Waals surface area contributed by atoms with E-state index < -0.39 is 0 Å². The number of benzene rings is 1. The SMILES string of the molecule is CCNC(c1ccccc1)C(C)N(CCOC)C(C)CC. The van der Waals surface area contributed by atoms with Gasteiger partial charge in [-0.3, -0.25) is 4.90 Å². The quantitative estimate of drug-likeness (QED) is 0.714. The Bertz CT molecular complexity index is 369. The monoisotopic (exact) mass is 292 g/mol. The first-order valence-corrected chi connectivity index (χ1v) is 8.18. The second-order valence-electron chi connectivity index (χ2n) is 5.67. The van der Waals surface area contributed by atoms with Gasteiger partial charge in [0, 0.05) is 31.8 Å². The van der Waals surface area contributed by atoms with Crippen LogP contribution < -0.4 is 5.32 Å². The van der Waals surface area contributed by atoms with Gasteiger partial charge in [-0.05, 0) is 32.4 Å². The maximum atomic E-state index is 5.30. The van der Waals surface area contributed by atoms with Crippen LogP contribution in [0.3, 0.4) is 0 Å². The molecule has 0 radical (unpaired) electrons. The van der Waals surface area contributed by atoms with E-state index in [-0.39, 0.29) is 0 Å². The second kappa shape index (κ2) is 9.93. The Hall–Kier alpha value is -0.900. The zero-order valence-electron chi connectivity index (χ0n) is 14.3. The first kappa shape index (κ1) is 18.1. The summed E-state index contributed by atoms with van der Waals surface area (Å²) in [6.45, 7) is 11.8. The third kappa shape index (κ3) is 5.42. The van der Waals surface area contributed by atoms with E-state index in [0.717, 1.165) is 26.1 Å². The van der Waals surface area contributed by atoms with E-state index in [2.05, 4.69) is 68.2 Å². The average Bonchev–Trinajstić information content (AvgIpc) is 2.53. The topological polar surface area (TPSA) is 24.5 Å². The Kier molecular flexibility index (Phi) is 8.58. The molecule has 1 aromatic rings. The lowest BCUT2D eigenvalue weighted by molar-refractivity contribution is 0.0779. The molecule has 1 rings (SSSR count). The molecule has 0 saturated heterocycles. The van der Waals surface area contributed by atoms with E-state index in [9.17, 15) is 0 Å². The van der Waals surface area contributed by atoms with Crippen molar-refractivity contribution in [3.63, 3.8) is 0 Å². The van der Waals surface area contributed by atoms with Crippen LogP contribution in [-0.2, 0) is 4.74 Å². The largest absolute Gasteiger partial charge is 0.383 e. The molecule has 0 fully saturated rings. The normalized spacial score (nSPS) is 15.9. The Labute approximate surface area is 130 Å². The first-order valence-electron chi connectivity index (χ1n) is 8.18. The number of nitrogens with one attached hydrogen (secondary N) is 1. The summed E-state index contributed by atoms with van der Waals surface area (Å²) in [5.74, 6) is 0. The van der Waals surface area contributed by atoms with Crippen LogP contribution in [0.1, 0.15) is 45.7 Å². The number of nitrogens with zero attached hydrogens (tertiary/aromatic N) is 1. The standard InChI is InChI=1S/C18H32N2O/c1-6-15(3)20(13-14-21-5)16(4)18(19-7-2)17-11-9-8-10-12-17/h8-12,15-16,18-19H,6-7,13-14H2,1-5H3. The fourth-order valence-electron chi connectivity index (χ4n) is 2.90. The van der Waals surface area contributed by atoms with Crippen LogP contribution >= 0.6 is 0 Å². The molecular formula is C18H32N2O. The van der Waals surface area contributed by atoms with Crippen molar-refractivity contribution in [2.24, 2.45) is 0 Å². The predicted molar refractivity (Wildman–Crippen MR) is 90.7 cm³/mol. The minimum Gasteiger partial charge on any atom is -0.383 e. The van der Waals surface area contributed by atoms with Crippen molar-refractivity contribution in [2.75, 3.05) is 26.8 Å². The zero-order chi connectivity index (χ0) is 15.7. The molecular weight excluding hydrogens is 260 g/mol. The molecule has 0 saturated carbocycles. The molecule has 0 aromatic heterocycles. The highest BCUT2D eigenvalue weighted by Gasteiger charge is 2.26. The fourth-order valence-corrected chi connectivity index (χ4v) is 2.90. The van der Waals surface area contributed by atoms with Crippen LogP contribution in [0.4, 0.5) is 0 Å². The van der Waals surface area contributed by atoms with E-state index in [1.165, 1.54) is 5.56 Å².